The van der Waals surface area contributed by atoms with Gasteiger partial charge in [0.15, 0.2) is 0 Å². The van der Waals surface area contributed by atoms with Gasteiger partial charge in [-0.25, -0.2) is 0 Å². The third-order valence-electron chi connectivity index (χ3n) is 2.62. The highest BCUT2D eigenvalue weighted by atomic mass is 16.4. The third-order valence-corrected chi connectivity index (χ3v) is 2.62. The lowest BCUT2D eigenvalue weighted by Crippen LogP contribution is -1.97. The standard InChI is InChI=1S/C13H18O2/c1-2-11-7-9-12(10-8-11)5-3-4-6-13(14)15/h2,7,9-11H,1,3-6,8H2,(H,14,15). The number of allylic oxidation sites excluding steroid dienone is 5. The van der Waals surface area contributed by atoms with Gasteiger partial charge in [0.1, 0.15) is 0 Å². The van der Waals surface area contributed by atoms with Crippen LogP contribution in [0.3, 0.4) is 0 Å². The van der Waals surface area contributed by atoms with Gasteiger partial charge < -0.3 is 5.11 Å². The molecule has 1 aliphatic rings. The van der Waals surface area contributed by atoms with Gasteiger partial charge in [0, 0.05) is 6.42 Å². The quantitative estimate of drug-likeness (QED) is 0.534. The Labute approximate surface area is 91.0 Å². The molecule has 0 spiro atoms. The summed E-state index contributed by atoms with van der Waals surface area (Å²) in [5.41, 5.74) is 1.33. The first-order valence-electron chi connectivity index (χ1n) is 5.44. The van der Waals surface area contributed by atoms with Crippen molar-refractivity contribution in [3.05, 3.63) is 36.5 Å². The highest BCUT2D eigenvalue weighted by molar-refractivity contribution is 5.66. The number of hydrogen-bond acceptors (Lipinski definition) is 1. The molecule has 0 aromatic heterocycles. The lowest BCUT2D eigenvalue weighted by atomic mass is 9.94. The fourth-order valence-electron chi connectivity index (χ4n) is 1.65. The van der Waals surface area contributed by atoms with Gasteiger partial charge in [-0.2, -0.15) is 0 Å². The molecule has 15 heavy (non-hydrogen) atoms. The molecule has 2 nitrogen and oxygen atoms in total. The third kappa shape index (κ3) is 4.63. The van der Waals surface area contributed by atoms with Gasteiger partial charge in [-0.05, 0) is 31.6 Å². The van der Waals surface area contributed by atoms with Crippen LogP contribution in [0, 0.1) is 5.92 Å². The van der Waals surface area contributed by atoms with Crippen LogP contribution in [0.4, 0.5) is 0 Å². The van der Waals surface area contributed by atoms with E-state index in [4.69, 9.17) is 5.11 Å². The summed E-state index contributed by atoms with van der Waals surface area (Å²) in [5.74, 6) is -0.220. The van der Waals surface area contributed by atoms with E-state index >= 15 is 0 Å². The van der Waals surface area contributed by atoms with Gasteiger partial charge in [-0.3, -0.25) is 4.79 Å². The highest BCUT2D eigenvalue weighted by Gasteiger charge is 2.04. The zero-order valence-corrected chi connectivity index (χ0v) is 8.98. The number of hydrogen-bond donors (Lipinski definition) is 1. The van der Waals surface area contributed by atoms with Gasteiger partial charge in [0.25, 0.3) is 0 Å². The number of carboxylic acid groups (broad SMARTS) is 1. The number of aliphatic carboxylic acids is 1. The summed E-state index contributed by atoms with van der Waals surface area (Å²) in [5, 5.41) is 8.48. The lowest BCUT2D eigenvalue weighted by molar-refractivity contribution is -0.137. The molecule has 0 fully saturated rings. The molecule has 0 aromatic carbocycles. The Balaban J connectivity index is 2.18. The van der Waals surface area contributed by atoms with Crippen molar-refractivity contribution in [1.82, 2.24) is 0 Å². The Bertz CT molecular complexity index is 287. The van der Waals surface area contributed by atoms with E-state index in [0.717, 1.165) is 25.7 Å². The average molecular weight is 206 g/mol. The van der Waals surface area contributed by atoms with Gasteiger partial charge >= 0.3 is 5.97 Å². The topological polar surface area (TPSA) is 37.3 Å². The summed E-state index contributed by atoms with van der Waals surface area (Å²) in [6.07, 6.45) is 12.5. The maximum absolute atomic E-state index is 10.3. The summed E-state index contributed by atoms with van der Waals surface area (Å²) < 4.78 is 0. The Morgan fingerprint density at radius 1 is 1.60 bits per heavy atom. The predicted octanol–water partition coefficient (Wildman–Crippen LogP) is 3.32. The molecule has 0 aliphatic heterocycles. The van der Waals surface area contributed by atoms with E-state index in [0.29, 0.717) is 5.92 Å². The Hall–Kier alpha value is -1.31. The summed E-state index contributed by atoms with van der Waals surface area (Å²) in [4.78, 5) is 10.3. The maximum atomic E-state index is 10.3. The van der Waals surface area contributed by atoms with E-state index in [1.54, 1.807) is 0 Å². The summed E-state index contributed by atoms with van der Waals surface area (Å²) in [6, 6.07) is 0. The molecule has 82 valence electrons. The fourth-order valence-corrected chi connectivity index (χ4v) is 1.65. The van der Waals surface area contributed by atoms with Crippen molar-refractivity contribution < 1.29 is 9.90 Å². The first kappa shape index (κ1) is 11.8. The van der Waals surface area contributed by atoms with E-state index in [-0.39, 0.29) is 6.42 Å². The van der Waals surface area contributed by atoms with Crippen molar-refractivity contribution in [1.29, 1.82) is 0 Å². The Morgan fingerprint density at radius 2 is 2.40 bits per heavy atom. The van der Waals surface area contributed by atoms with Crippen LogP contribution in [-0.2, 0) is 4.79 Å². The molecule has 1 rings (SSSR count). The Kier molecular flexibility index (Phi) is 4.88. The van der Waals surface area contributed by atoms with Gasteiger partial charge in [-0.1, -0.05) is 29.9 Å². The molecule has 0 saturated heterocycles. The minimum absolute atomic E-state index is 0.284. The van der Waals surface area contributed by atoms with Crippen LogP contribution in [0.15, 0.2) is 36.5 Å². The minimum atomic E-state index is -0.699. The average Bonchev–Trinajstić information content (AvgIpc) is 2.25. The summed E-state index contributed by atoms with van der Waals surface area (Å²) >= 11 is 0. The normalized spacial score (nSPS) is 19.7. The smallest absolute Gasteiger partial charge is 0.303 e. The van der Waals surface area contributed by atoms with Crippen molar-refractivity contribution in [2.24, 2.45) is 5.92 Å². The number of rotatable bonds is 6. The van der Waals surface area contributed by atoms with Crippen LogP contribution >= 0.6 is 0 Å². The zero-order valence-electron chi connectivity index (χ0n) is 8.98. The minimum Gasteiger partial charge on any atom is -0.481 e. The van der Waals surface area contributed by atoms with Crippen molar-refractivity contribution in [2.45, 2.75) is 32.1 Å². The van der Waals surface area contributed by atoms with E-state index in [1.807, 2.05) is 6.08 Å². The SMILES string of the molecule is C=CC1C=CC(CCCCC(=O)O)=CC1. The molecular weight excluding hydrogens is 188 g/mol. The van der Waals surface area contributed by atoms with Crippen LogP contribution in [0.25, 0.3) is 0 Å². The second-order valence-electron chi connectivity index (χ2n) is 3.87. The first-order valence-corrected chi connectivity index (χ1v) is 5.44. The number of carbonyl (C=O) groups is 1. The second kappa shape index (κ2) is 6.23. The van der Waals surface area contributed by atoms with Gasteiger partial charge in [0.2, 0.25) is 0 Å². The molecule has 0 heterocycles. The monoisotopic (exact) mass is 206 g/mol. The summed E-state index contributed by atoms with van der Waals surface area (Å²) in [7, 11) is 0. The maximum Gasteiger partial charge on any atom is 0.303 e. The van der Waals surface area contributed by atoms with E-state index in [2.05, 4.69) is 24.8 Å². The largest absolute Gasteiger partial charge is 0.481 e. The van der Waals surface area contributed by atoms with E-state index < -0.39 is 5.97 Å². The molecule has 0 amide bonds. The summed E-state index contributed by atoms with van der Waals surface area (Å²) in [6.45, 7) is 3.76. The molecular formula is C13H18O2. The van der Waals surface area contributed by atoms with Crippen molar-refractivity contribution >= 4 is 5.97 Å². The van der Waals surface area contributed by atoms with Crippen LogP contribution < -0.4 is 0 Å². The molecule has 1 unspecified atom stereocenters. The zero-order chi connectivity index (χ0) is 11.1. The van der Waals surface area contributed by atoms with E-state index in [1.165, 1.54) is 5.57 Å². The van der Waals surface area contributed by atoms with E-state index in [9.17, 15) is 4.79 Å². The lowest BCUT2D eigenvalue weighted by Gasteiger charge is -2.11. The van der Waals surface area contributed by atoms with Crippen LogP contribution in [0.1, 0.15) is 32.1 Å². The van der Waals surface area contributed by atoms with Crippen LogP contribution in [0.5, 0.6) is 0 Å². The van der Waals surface area contributed by atoms with Crippen molar-refractivity contribution in [3.63, 3.8) is 0 Å². The Morgan fingerprint density at radius 3 is 2.93 bits per heavy atom. The molecule has 1 N–H and O–H groups in total. The second-order valence-corrected chi connectivity index (χ2v) is 3.87. The van der Waals surface area contributed by atoms with Crippen LogP contribution in [-0.4, -0.2) is 11.1 Å². The van der Waals surface area contributed by atoms with Crippen molar-refractivity contribution in [3.8, 4) is 0 Å². The van der Waals surface area contributed by atoms with Gasteiger partial charge in [-0.15, -0.1) is 6.58 Å². The molecule has 0 bridgehead atoms. The first-order chi connectivity index (χ1) is 7.22. The highest BCUT2D eigenvalue weighted by Crippen LogP contribution is 2.20. The van der Waals surface area contributed by atoms with Crippen LogP contribution in [0.2, 0.25) is 0 Å². The fraction of sp³-hybridized carbons (Fsp3) is 0.462. The molecule has 0 aromatic rings. The predicted molar refractivity (Wildman–Crippen MR) is 61.6 cm³/mol. The van der Waals surface area contributed by atoms with Gasteiger partial charge in [0.05, 0.1) is 0 Å². The number of unbranched alkanes of at least 4 members (excludes halogenated alkanes) is 1. The molecule has 2 heteroatoms. The van der Waals surface area contributed by atoms with Crippen molar-refractivity contribution in [2.75, 3.05) is 0 Å². The molecule has 1 aliphatic carbocycles. The number of carboxylic acids is 1. The molecule has 0 saturated carbocycles. The molecule has 0 radical (unpaired) electrons. The molecule has 1 atom stereocenters.